The summed E-state index contributed by atoms with van der Waals surface area (Å²) in [5, 5.41) is 11.7. The Labute approximate surface area is 184 Å². The first-order chi connectivity index (χ1) is 15.6. The molecule has 1 amide bonds. The summed E-state index contributed by atoms with van der Waals surface area (Å²) in [5.41, 5.74) is 3.50. The molecule has 32 heavy (non-hydrogen) atoms. The molecule has 6 nitrogen and oxygen atoms in total. The zero-order valence-corrected chi connectivity index (χ0v) is 17.0. The van der Waals surface area contributed by atoms with Crippen LogP contribution in [0.5, 0.6) is 11.5 Å². The molecule has 4 aromatic rings. The number of amides is 1. The summed E-state index contributed by atoms with van der Waals surface area (Å²) in [5.74, 6) is -0.517. The number of nitrogens with zero attached hydrogens (tertiary/aromatic N) is 3. The molecular weight excluding hydrogens is 407 g/mol. The Bertz CT molecular complexity index is 1300. The Morgan fingerprint density at radius 2 is 1.88 bits per heavy atom. The predicted octanol–water partition coefficient (Wildman–Crippen LogP) is 4.96. The van der Waals surface area contributed by atoms with Crippen LogP contribution in [0, 0.1) is 11.2 Å². The van der Waals surface area contributed by atoms with Crippen molar-refractivity contribution in [2.45, 2.75) is 13.1 Å². The van der Waals surface area contributed by atoms with Gasteiger partial charge in [-0.2, -0.15) is 5.10 Å². The average molecular weight is 426 g/mol. The van der Waals surface area contributed by atoms with E-state index in [2.05, 4.69) is 5.10 Å². The normalized spacial score (nSPS) is 12.7. The highest BCUT2D eigenvalue weighted by Crippen LogP contribution is 2.36. The van der Waals surface area contributed by atoms with Gasteiger partial charge in [0.25, 0.3) is 5.91 Å². The third kappa shape index (κ3) is 3.54. The van der Waals surface area contributed by atoms with E-state index < -0.39 is 5.82 Å². The van der Waals surface area contributed by atoms with Crippen LogP contribution in [-0.4, -0.2) is 26.8 Å². The minimum Gasteiger partial charge on any atom is -0.453 e. The first kappa shape index (κ1) is 19.7. The van der Waals surface area contributed by atoms with Gasteiger partial charge in [-0.3, -0.25) is 4.79 Å². The van der Waals surface area contributed by atoms with Gasteiger partial charge in [0.05, 0.1) is 11.3 Å². The van der Waals surface area contributed by atoms with Crippen LogP contribution in [0.2, 0.25) is 0 Å². The number of ether oxygens (including phenoxy) is 1. The van der Waals surface area contributed by atoms with Gasteiger partial charge in [0.1, 0.15) is 5.75 Å². The van der Waals surface area contributed by atoms with E-state index in [9.17, 15) is 9.18 Å². The van der Waals surface area contributed by atoms with Gasteiger partial charge in [0, 0.05) is 37.3 Å². The molecule has 0 atom stereocenters. The van der Waals surface area contributed by atoms with Crippen molar-refractivity contribution in [1.82, 2.24) is 14.7 Å². The van der Waals surface area contributed by atoms with Crippen molar-refractivity contribution in [2.24, 2.45) is 0 Å². The second-order valence-corrected chi connectivity index (χ2v) is 7.47. The van der Waals surface area contributed by atoms with Crippen LogP contribution in [0.3, 0.4) is 0 Å². The van der Waals surface area contributed by atoms with Gasteiger partial charge in [-0.05, 0) is 47.5 Å². The van der Waals surface area contributed by atoms with E-state index in [-0.39, 0.29) is 17.4 Å². The zero-order valence-electron chi connectivity index (χ0n) is 17.0. The highest BCUT2D eigenvalue weighted by molar-refractivity contribution is 6.01. The van der Waals surface area contributed by atoms with E-state index in [1.165, 1.54) is 12.1 Å². The maximum absolute atomic E-state index is 14.3. The topological polar surface area (TPSA) is 71.2 Å². The first-order valence-corrected chi connectivity index (χ1v) is 10.1. The fourth-order valence-corrected chi connectivity index (χ4v) is 3.85. The Kier molecular flexibility index (Phi) is 4.99. The molecule has 1 aliphatic rings. The Hall–Kier alpha value is -4.26. The third-order valence-corrected chi connectivity index (χ3v) is 5.42. The van der Waals surface area contributed by atoms with Gasteiger partial charge in [-0.25, -0.2) is 9.07 Å². The second-order valence-electron chi connectivity index (χ2n) is 7.47. The van der Waals surface area contributed by atoms with Crippen molar-refractivity contribution in [3.8, 4) is 17.2 Å². The van der Waals surface area contributed by atoms with Crippen LogP contribution in [0.25, 0.3) is 5.69 Å². The highest BCUT2D eigenvalue weighted by Gasteiger charge is 2.31. The fraction of sp³-hybridized carbons (Fsp3) is 0.0800. The Balaban J connectivity index is 1.38. The van der Waals surface area contributed by atoms with Gasteiger partial charge < -0.3 is 15.0 Å². The maximum Gasteiger partial charge on any atom is 0.258 e. The summed E-state index contributed by atoms with van der Waals surface area (Å²) in [6.45, 7) is 0.888. The van der Waals surface area contributed by atoms with Crippen molar-refractivity contribution in [3.05, 3.63) is 107 Å². The standard InChI is InChI=1S/C25H19FN4O2/c26-21-6-1-4-18(14-27)24(21)32-22-7-2-5-19-16-29(25(31)23(19)22)15-17-8-10-20(11-9-17)30-13-3-12-28-30/h1-14,27H,15-16H2. The van der Waals surface area contributed by atoms with Crippen molar-refractivity contribution < 1.29 is 13.9 Å². The van der Waals surface area contributed by atoms with Crippen LogP contribution >= 0.6 is 0 Å². The van der Waals surface area contributed by atoms with E-state index in [1.807, 2.05) is 42.6 Å². The Morgan fingerprint density at radius 3 is 2.62 bits per heavy atom. The van der Waals surface area contributed by atoms with Gasteiger partial charge in [0.2, 0.25) is 0 Å². The summed E-state index contributed by atoms with van der Waals surface area (Å²) in [6.07, 6.45) is 4.62. The van der Waals surface area contributed by atoms with E-state index >= 15 is 0 Å². The highest BCUT2D eigenvalue weighted by atomic mass is 19.1. The lowest BCUT2D eigenvalue weighted by Crippen LogP contribution is -2.23. The van der Waals surface area contributed by atoms with Crippen molar-refractivity contribution in [1.29, 1.82) is 5.41 Å². The molecule has 2 heterocycles. The molecule has 1 aromatic heterocycles. The molecule has 0 bridgehead atoms. The molecule has 3 aromatic carbocycles. The summed E-state index contributed by atoms with van der Waals surface area (Å²) < 4.78 is 21.9. The maximum atomic E-state index is 14.3. The number of para-hydroxylation sites is 1. The van der Waals surface area contributed by atoms with Gasteiger partial charge >= 0.3 is 0 Å². The summed E-state index contributed by atoms with van der Waals surface area (Å²) in [4.78, 5) is 14.9. The molecule has 0 saturated carbocycles. The lowest BCUT2D eigenvalue weighted by molar-refractivity contribution is 0.0765. The smallest absolute Gasteiger partial charge is 0.258 e. The van der Waals surface area contributed by atoms with Gasteiger partial charge in [-0.15, -0.1) is 0 Å². The van der Waals surface area contributed by atoms with Crippen molar-refractivity contribution in [2.75, 3.05) is 0 Å². The Morgan fingerprint density at radius 1 is 1.06 bits per heavy atom. The number of aromatic nitrogens is 2. The number of hydrogen-bond donors (Lipinski definition) is 1. The lowest BCUT2D eigenvalue weighted by atomic mass is 10.1. The SMILES string of the molecule is N=Cc1cccc(F)c1Oc1cccc2c1C(=O)N(Cc1ccc(-n3cccn3)cc1)C2. The lowest BCUT2D eigenvalue weighted by Gasteiger charge is -2.16. The van der Waals surface area contributed by atoms with Crippen LogP contribution in [-0.2, 0) is 13.1 Å². The van der Waals surface area contributed by atoms with Crippen molar-refractivity contribution >= 4 is 12.1 Å². The average Bonchev–Trinajstić information content (AvgIpc) is 3.45. The molecule has 1 aliphatic heterocycles. The molecule has 0 unspecified atom stereocenters. The van der Waals surface area contributed by atoms with Crippen LogP contribution in [0.1, 0.15) is 27.0 Å². The molecule has 158 valence electrons. The minimum absolute atomic E-state index is 0.0589. The van der Waals surface area contributed by atoms with Gasteiger partial charge in [0.15, 0.2) is 11.6 Å². The number of carbonyl (C=O) groups excluding carboxylic acids is 1. The molecule has 7 heteroatoms. The number of nitrogens with one attached hydrogen (secondary N) is 1. The third-order valence-electron chi connectivity index (χ3n) is 5.42. The fourth-order valence-electron chi connectivity index (χ4n) is 3.85. The molecule has 0 aliphatic carbocycles. The van der Waals surface area contributed by atoms with E-state index in [0.717, 1.165) is 23.0 Å². The predicted molar refractivity (Wildman–Crippen MR) is 118 cm³/mol. The number of hydrogen-bond acceptors (Lipinski definition) is 4. The van der Waals surface area contributed by atoms with E-state index in [4.69, 9.17) is 10.1 Å². The number of carbonyl (C=O) groups is 1. The summed E-state index contributed by atoms with van der Waals surface area (Å²) in [7, 11) is 0. The minimum atomic E-state index is -0.580. The largest absolute Gasteiger partial charge is 0.453 e. The first-order valence-electron chi connectivity index (χ1n) is 10.1. The van der Waals surface area contributed by atoms with E-state index in [0.29, 0.717) is 24.2 Å². The quantitative estimate of drug-likeness (QED) is 0.443. The monoisotopic (exact) mass is 426 g/mol. The molecule has 0 spiro atoms. The molecule has 0 saturated heterocycles. The number of halogens is 1. The molecule has 0 radical (unpaired) electrons. The summed E-state index contributed by atoms with van der Waals surface area (Å²) >= 11 is 0. The molecule has 0 fully saturated rings. The van der Waals surface area contributed by atoms with E-state index in [1.54, 1.807) is 34.0 Å². The van der Waals surface area contributed by atoms with Crippen LogP contribution in [0.4, 0.5) is 4.39 Å². The molecule has 1 N–H and O–H groups in total. The number of benzene rings is 3. The zero-order chi connectivity index (χ0) is 22.1. The second kappa shape index (κ2) is 8.11. The summed E-state index contributed by atoms with van der Waals surface area (Å²) in [6, 6.07) is 19.4. The van der Waals surface area contributed by atoms with Crippen molar-refractivity contribution in [3.63, 3.8) is 0 Å². The number of rotatable bonds is 6. The van der Waals surface area contributed by atoms with Crippen LogP contribution in [0.15, 0.2) is 79.1 Å². The number of fused-ring (bicyclic) bond motifs is 1. The van der Waals surface area contributed by atoms with Crippen LogP contribution < -0.4 is 4.74 Å². The molecule has 5 rings (SSSR count). The van der Waals surface area contributed by atoms with Gasteiger partial charge in [-0.1, -0.05) is 30.3 Å². The molecular formula is C25H19FN4O2.